The van der Waals surface area contributed by atoms with Crippen molar-refractivity contribution in [2.45, 2.75) is 18.6 Å². The number of nitrogens with one attached hydrogen (secondary N) is 1. The van der Waals surface area contributed by atoms with E-state index in [1.807, 2.05) is 48.5 Å². The highest BCUT2D eigenvalue weighted by Crippen LogP contribution is 2.35. The van der Waals surface area contributed by atoms with Gasteiger partial charge in [-0.2, -0.15) is 0 Å². The molecule has 0 saturated carbocycles. The van der Waals surface area contributed by atoms with Gasteiger partial charge in [0, 0.05) is 41.6 Å². The van der Waals surface area contributed by atoms with Gasteiger partial charge < -0.3 is 19.9 Å². The highest BCUT2D eigenvalue weighted by molar-refractivity contribution is 5.91. The molecule has 3 aromatic rings. The lowest BCUT2D eigenvalue weighted by Gasteiger charge is -2.17. The summed E-state index contributed by atoms with van der Waals surface area (Å²) < 4.78 is 11.7. The van der Waals surface area contributed by atoms with Gasteiger partial charge in [-0.15, -0.1) is 12.4 Å². The first-order valence-electron chi connectivity index (χ1n) is 9.42. The zero-order valence-electron chi connectivity index (χ0n) is 16.5. The third-order valence-electron chi connectivity index (χ3n) is 5.09. The summed E-state index contributed by atoms with van der Waals surface area (Å²) >= 11 is 0. The van der Waals surface area contributed by atoms with E-state index in [9.17, 15) is 9.90 Å². The summed E-state index contributed by atoms with van der Waals surface area (Å²) in [5.41, 5.74) is 3.33. The van der Waals surface area contributed by atoms with Gasteiger partial charge >= 0.3 is 5.97 Å². The Balaban J connectivity index is 0.00000256. The number of aromatic nitrogens is 1. The highest BCUT2D eigenvalue weighted by atomic mass is 35.5. The van der Waals surface area contributed by atoms with Gasteiger partial charge in [-0.25, -0.2) is 4.98 Å². The molecule has 6 nitrogen and oxygen atoms in total. The van der Waals surface area contributed by atoms with E-state index in [-0.39, 0.29) is 18.5 Å². The van der Waals surface area contributed by atoms with E-state index < -0.39 is 12.0 Å². The maximum absolute atomic E-state index is 11.3. The van der Waals surface area contributed by atoms with Crippen molar-refractivity contribution in [1.82, 2.24) is 10.3 Å². The molecular formula is C23H23ClN2O4. The summed E-state index contributed by atoms with van der Waals surface area (Å²) in [7, 11) is 1.61. The van der Waals surface area contributed by atoms with Gasteiger partial charge in [-0.05, 0) is 6.07 Å². The molecule has 2 aromatic carbocycles. The van der Waals surface area contributed by atoms with Crippen molar-refractivity contribution in [2.24, 2.45) is 0 Å². The minimum atomic E-state index is -0.862. The second kappa shape index (κ2) is 9.15. The number of aliphatic carboxylic acids is 1. The van der Waals surface area contributed by atoms with Crippen LogP contribution in [0.5, 0.6) is 11.5 Å². The summed E-state index contributed by atoms with van der Waals surface area (Å²) in [5.74, 6) is 0.487. The largest absolute Gasteiger partial charge is 0.496 e. The van der Waals surface area contributed by atoms with Crippen LogP contribution in [0.2, 0.25) is 0 Å². The second-order valence-corrected chi connectivity index (χ2v) is 6.96. The van der Waals surface area contributed by atoms with Crippen LogP contribution < -0.4 is 14.8 Å². The number of nitrogens with zero attached hydrogens (tertiary/aromatic N) is 1. The summed E-state index contributed by atoms with van der Waals surface area (Å²) in [6.07, 6.45) is 1.90. The maximum atomic E-state index is 11.3. The van der Waals surface area contributed by atoms with Crippen LogP contribution in [0.4, 0.5) is 0 Å². The predicted octanol–water partition coefficient (Wildman–Crippen LogP) is 4.17. The van der Waals surface area contributed by atoms with Gasteiger partial charge in [0.2, 0.25) is 0 Å². The first-order valence-corrected chi connectivity index (χ1v) is 9.42. The average molecular weight is 427 g/mol. The summed E-state index contributed by atoms with van der Waals surface area (Å²) in [6, 6.07) is 15.0. The van der Waals surface area contributed by atoms with Crippen molar-refractivity contribution in [2.75, 3.05) is 13.7 Å². The number of rotatable bonds is 6. The Bertz CT molecular complexity index is 1070. The molecule has 1 aromatic heterocycles. The lowest BCUT2D eigenvalue weighted by atomic mass is 10.1. The van der Waals surface area contributed by atoms with E-state index in [1.54, 1.807) is 13.2 Å². The number of hydrogen-bond donors (Lipinski definition) is 2. The number of pyridine rings is 1. The number of carboxylic acid groups (broad SMARTS) is 1. The Morgan fingerprint density at radius 3 is 2.63 bits per heavy atom. The number of benzene rings is 2. The molecule has 0 spiro atoms. The summed E-state index contributed by atoms with van der Waals surface area (Å²) in [6.45, 7) is 4.34. The molecule has 1 saturated heterocycles. The highest BCUT2D eigenvalue weighted by Gasteiger charge is 2.31. The molecule has 4 rings (SSSR count). The van der Waals surface area contributed by atoms with Crippen molar-refractivity contribution in [1.29, 1.82) is 0 Å². The quantitative estimate of drug-likeness (QED) is 0.615. The second-order valence-electron chi connectivity index (χ2n) is 6.96. The topological polar surface area (TPSA) is 80.7 Å². The van der Waals surface area contributed by atoms with Crippen LogP contribution >= 0.6 is 12.4 Å². The van der Waals surface area contributed by atoms with Gasteiger partial charge in [0.1, 0.15) is 23.6 Å². The Labute approximate surface area is 180 Å². The zero-order chi connectivity index (χ0) is 20.4. The number of halogens is 1. The standard InChI is InChI=1S/C23H22N2O4.ClH/c1-3-14-9-17-19(12-21(14)28-2)25-18(15-7-5-4-6-8-15)11-22(17)29-16-10-20(23(26)27)24-13-16;/h3-9,11-12,16,20,24H,1,10,13H2,2H3,(H,26,27);1H/t16-,20+;/m1./s1. The van der Waals surface area contributed by atoms with Crippen LogP contribution in [0.1, 0.15) is 12.0 Å². The van der Waals surface area contributed by atoms with Gasteiger partial charge in [-0.3, -0.25) is 4.79 Å². The van der Waals surface area contributed by atoms with Crippen molar-refractivity contribution in [3.05, 3.63) is 60.7 Å². The lowest BCUT2D eigenvalue weighted by molar-refractivity contribution is -0.139. The van der Waals surface area contributed by atoms with Crippen LogP contribution in [0.3, 0.4) is 0 Å². The third-order valence-corrected chi connectivity index (χ3v) is 5.09. The molecule has 0 amide bonds. The minimum absolute atomic E-state index is 0. The van der Waals surface area contributed by atoms with E-state index in [1.165, 1.54) is 0 Å². The number of ether oxygens (including phenoxy) is 2. The molecule has 2 heterocycles. The molecule has 0 unspecified atom stereocenters. The van der Waals surface area contributed by atoms with Crippen molar-refractivity contribution in [3.8, 4) is 22.8 Å². The SMILES string of the molecule is C=Cc1cc2c(O[C@H]3CN[C@H](C(=O)O)C3)cc(-c3ccccc3)nc2cc1OC.Cl. The first-order chi connectivity index (χ1) is 14.1. The zero-order valence-corrected chi connectivity index (χ0v) is 17.3. The Morgan fingerprint density at radius 1 is 1.23 bits per heavy atom. The molecule has 1 aliphatic heterocycles. The predicted molar refractivity (Wildman–Crippen MR) is 120 cm³/mol. The molecular weight excluding hydrogens is 404 g/mol. The fraction of sp³-hybridized carbons (Fsp3) is 0.217. The van der Waals surface area contributed by atoms with Crippen LogP contribution in [0, 0.1) is 0 Å². The summed E-state index contributed by atoms with van der Waals surface area (Å²) in [5, 5.41) is 13.1. The molecule has 0 radical (unpaired) electrons. The third kappa shape index (κ3) is 4.25. The fourth-order valence-electron chi connectivity index (χ4n) is 3.59. The van der Waals surface area contributed by atoms with E-state index >= 15 is 0 Å². The molecule has 2 atom stereocenters. The molecule has 1 fully saturated rings. The maximum Gasteiger partial charge on any atom is 0.320 e. The monoisotopic (exact) mass is 426 g/mol. The van der Waals surface area contributed by atoms with Crippen LogP contribution in [-0.2, 0) is 4.79 Å². The Kier molecular flexibility index (Phi) is 6.59. The number of methoxy groups -OCH3 is 1. The smallest absolute Gasteiger partial charge is 0.320 e. The number of hydrogen-bond acceptors (Lipinski definition) is 5. The number of carbonyl (C=O) groups is 1. The van der Waals surface area contributed by atoms with Crippen molar-refractivity contribution in [3.63, 3.8) is 0 Å². The lowest BCUT2D eigenvalue weighted by Crippen LogP contribution is -2.30. The number of fused-ring (bicyclic) bond motifs is 1. The van der Waals surface area contributed by atoms with Crippen molar-refractivity contribution < 1.29 is 19.4 Å². The van der Waals surface area contributed by atoms with E-state index in [0.29, 0.717) is 24.5 Å². The normalized spacial score (nSPS) is 17.9. The van der Waals surface area contributed by atoms with Gasteiger partial charge in [0.15, 0.2) is 0 Å². The van der Waals surface area contributed by atoms with Gasteiger partial charge in [-0.1, -0.05) is 43.0 Å². The molecule has 30 heavy (non-hydrogen) atoms. The first kappa shape index (κ1) is 21.6. The Morgan fingerprint density at radius 2 is 2.00 bits per heavy atom. The van der Waals surface area contributed by atoms with Gasteiger partial charge in [0.25, 0.3) is 0 Å². The molecule has 0 aliphatic carbocycles. The molecule has 1 aliphatic rings. The van der Waals surface area contributed by atoms with E-state index in [4.69, 9.17) is 14.5 Å². The van der Waals surface area contributed by atoms with Crippen LogP contribution in [-0.4, -0.2) is 41.9 Å². The van der Waals surface area contributed by atoms with Gasteiger partial charge in [0.05, 0.1) is 18.3 Å². The average Bonchev–Trinajstić information content (AvgIpc) is 3.22. The Hall–Kier alpha value is -3.09. The van der Waals surface area contributed by atoms with E-state index in [0.717, 1.165) is 27.7 Å². The summed E-state index contributed by atoms with van der Waals surface area (Å²) in [4.78, 5) is 16.1. The van der Waals surface area contributed by atoms with Crippen LogP contribution in [0.15, 0.2) is 55.1 Å². The number of carboxylic acids is 1. The molecule has 7 heteroatoms. The van der Waals surface area contributed by atoms with E-state index in [2.05, 4.69) is 11.9 Å². The van der Waals surface area contributed by atoms with Crippen molar-refractivity contribution >= 4 is 35.4 Å². The van der Waals surface area contributed by atoms with Crippen LogP contribution in [0.25, 0.3) is 28.2 Å². The molecule has 156 valence electrons. The minimum Gasteiger partial charge on any atom is -0.496 e. The fourth-order valence-corrected chi connectivity index (χ4v) is 3.59. The molecule has 0 bridgehead atoms. The molecule has 2 N–H and O–H groups in total.